The monoisotopic (exact) mass is 319 g/mol. The van der Waals surface area contributed by atoms with E-state index in [1.54, 1.807) is 24.5 Å². The highest BCUT2D eigenvalue weighted by Crippen LogP contribution is 2.25. The first kappa shape index (κ1) is 16.1. The zero-order valence-corrected chi connectivity index (χ0v) is 13.3. The van der Waals surface area contributed by atoms with Gasteiger partial charge in [-0.25, -0.2) is 9.37 Å². The zero-order valence-electron chi connectivity index (χ0n) is 13.3. The van der Waals surface area contributed by atoms with Crippen LogP contribution in [-0.4, -0.2) is 51.5 Å². The minimum atomic E-state index is -0.769. The van der Waals surface area contributed by atoms with Crippen molar-refractivity contribution in [3.8, 4) is 0 Å². The van der Waals surface area contributed by atoms with Crippen LogP contribution >= 0.6 is 0 Å². The molecule has 23 heavy (non-hydrogen) atoms. The van der Waals surface area contributed by atoms with Crippen LogP contribution in [-0.2, 0) is 24.8 Å². The summed E-state index contributed by atoms with van der Waals surface area (Å²) in [7, 11) is 1.94. The highest BCUT2D eigenvalue weighted by Gasteiger charge is 2.37. The molecule has 1 aliphatic heterocycles. The van der Waals surface area contributed by atoms with Gasteiger partial charge in [-0.15, -0.1) is 0 Å². The van der Waals surface area contributed by atoms with Gasteiger partial charge in [-0.05, 0) is 11.6 Å². The lowest BCUT2D eigenvalue weighted by Gasteiger charge is -2.41. The molecule has 3 rings (SSSR count). The van der Waals surface area contributed by atoms with Crippen LogP contribution in [0.3, 0.4) is 0 Å². The number of hydrogen-bond donors (Lipinski definition) is 1. The van der Waals surface area contributed by atoms with Gasteiger partial charge in [-0.1, -0.05) is 18.2 Å². The summed E-state index contributed by atoms with van der Waals surface area (Å²) in [5.41, 5.74) is 0.781. The highest BCUT2D eigenvalue weighted by atomic mass is 19.1. The molecule has 0 saturated carbocycles. The van der Waals surface area contributed by atoms with E-state index in [1.807, 2.05) is 17.8 Å². The van der Waals surface area contributed by atoms with E-state index < -0.39 is 5.60 Å². The molecule has 1 aromatic carbocycles. The molecule has 1 N–H and O–H groups in total. The summed E-state index contributed by atoms with van der Waals surface area (Å²) in [5, 5.41) is 9.89. The zero-order chi connectivity index (χ0) is 16.3. The number of nitrogens with zero attached hydrogens (tertiary/aromatic N) is 3. The molecule has 124 valence electrons. The predicted molar refractivity (Wildman–Crippen MR) is 84.4 cm³/mol. The Hall–Kier alpha value is -1.76. The smallest absolute Gasteiger partial charge is 0.126 e. The first-order chi connectivity index (χ1) is 11.1. The summed E-state index contributed by atoms with van der Waals surface area (Å²) < 4.78 is 21.7. The van der Waals surface area contributed by atoms with Gasteiger partial charge >= 0.3 is 0 Å². The van der Waals surface area contributed by atoms with Crippen molar-refractivity contribution in [2.75, 3.05) is 26.3 Å². The van der Waals surface area contributed by atoms with E-state index in [0.717, 1.165) is 12.2 Å². The average Bonchev–Trinajstić information content (AvgIpc) is 2.95. The van der Waals surface area contributed by atoms with Crippen molar-refractivity contribution in [1.29, 1.82) is 0 Å². The number of aromatic nitrogens is 2. The lowest BCUT2D eigenvalue weighted by Crippen LogP contribution is -2.55. The maximum absolute atomic E-state index is 13.9. The SMILES string of the molecule is Cn1cnc(CN2CCO[C@](CO)(Cc3ccccc3F)C2)c1. The Bertz CT molecular complexity index is 661. The Labute approximate surface area is 135 Å². The summed E-state index contributed by atoms with van der Waals surface area (Å²) in [4.78, 5) is 6.54. The lowest BCUT2D eigenvalue weighted by molar-refractivity contribution is -0.134. The second kappa shape index (κ2) is 6.78. The number of benzene rings is 1. The number of imidazole rings is 1. The minimum absolute atomic E-state index is 0.139. The maximum Gasteiger partial charge on any atom is 0.126 e. The van der Waals surface area contributed by atoms with Crippen LogP contribution in [0.15, 0.2) is 36.8 Å². The van der Waals surface area contributed by atoms with Crippen molar-refractivity contribution < 1.29 is 14.2 Å². The standard InChI is InChI=1S/C17H22FN3O2/c1-20-9-15(19-13-20)10-21-6-7-23-17(11-21,12-22)8-14-4-2-3-5-16(14)18/h2-5,9,13,22H,6-8,10-12H2,1H3/t17-/m1/s1. The van der Waals surface area contributed by atoms with Gasteiger partial charge in [0.05, 0.1) is 25.2 Å². The fourth-order valence-corrected chi connectivity index (χ4v) is 3.08. The van der Waals surface area contributed by atoms with Gasteiger partial charge in [-0.3, -0.25) is 4.90 Å². The van der Waals surface area contributed by atoms with E-state index in [0.29, 0.717) is 31.7 Å². The number of aliphatic hydroxyl groups is 1. The molecule has 0 amide bonds. The van der Waals surface area contributed by atoms with Crippen LogP contribution in [0.25, 0.3) is 0 Å². The Morgan fingerprint density at radius 3 is 2.91 bits per heavy atom. The lowest BCUT2D eigenvalue weighted by atomic mass is 9.92. The van der Waals surface area contributed by atoms with E-state index in [-0.39, 0.29) is 12.4 Å². The molecule has 1 aromatic heterocycles. The molecule has 6 heteroatoms. The first-order valence-electron chi connectivity index (χ1n) is 7.78. The number of aryl methyl sites for hydroxylation is 1. The van der Waals surface area contributed by atoms with Crippen molar-refractivity contribution in [2.24, 2.45) is 7.05 Å². The largest absolute Gasteiger partial charge is 0.393 e. The Balaban J connectivity index is 1.72. The van der Waals surface area contributed by atoms with Crippen molar-refractivity contribution in [3.05, 3.63) is 53.9 Å². The average molecular weight is 319 g/mol. The molecule has 1 saturated heterocycles. The summed E-state index contributed by atoms with van der Waals surface area (Å²) in [6, 6.07) is 6.65. The first-order valence-corrected chi connectivity index (χ1v) is 7.78. The van der Waals surface area contributed by atoms with E-state index in [2.05, 4.69) is 9.88 Å². The van der Waals surface area contributed by atoms with E-state index >= 15 is 0 Å². The molecule has 0 spiro atoms. The molecule has 0 bridgehead atoms. The fourth-order valence-electron chi connectivity index (χ4n) is 3.08. The van der Waals surface area contributed by atoms with Gasteiger partial charge < -0.3 is 14.4 Å². The molecule has 1 aliphatic rings. The topological polar surface area (TPSA) is 50.5 Å². The van der Waals surface area contributed by atoms with Crippen LogP contribution in [0.1, 0.15) is 11.3 Å². The molecule has 0 radical (unpaired) electrons. The van der Waals surface area contributed by atoms with Gasteiger partial charge in [0.2, 0.25) is 0 Å². The quantitative estimate of drug-likeness (QED) is 0.904. The molecule has 0 unspecified atom stereocenters. The van der Waals surface area contributed by atoms with Crippen molar-refractivity contribution >= 4 is 0 Å². The minimum Gasteiger partial charge on any atom is -0.393 e. The number of rotatable bonds is 5. The Morgan fingerprint density at radius 1 is 1.39 bits per heavy atom. The third-order valence-electron chi connectivity index (χ3n) is 4.23. The summed E-state index contributed by atoms with van der Waals surface area (Å²) in [6.45, 7) is 2.40. The number of morpholine rings is 1. The van der Waals surface area contributed by atoms with E-state index in [1.165, 1.54) is 6.07 Å². The van der Waals surface area contributed by atoms with Crippen molar-refractivity contribution in [1.82, 2.24) is 14.5 Å². The highest BCUT2D eigenvalue weighted by molar-refractivity contribution is 5.20. The van der Waals surface area contributed by atoms with Crippen LogP contribution in [0, 0.1) is 5.82 Å². The molecular weight excluding hydrogens is 297 g/mol. The van der Waals surface area contributed by atoms with Gasteiger partial charge in [0.25, 0.3) is 0 Å². The molecule has 5 nitrogen and oxygen atoms in total. The second-order valence-corrected chi connectivity index (χ2v) is 6.20. The molecule has 0 aliphatic carbocycles. The van der Waals surface area contributed by atoms with Crippen LogP contribution < -0.4 is 0 Å². The van der Waals surface area contributed by atoms with E-state index in [9.17, 15) is 9.50 Å². The molecule has 2 heterocycles. The molecule has 2 aromatic rings. The van der Waals surface area contributed by atoms with Gasteiger partial charge in [0.1, 0.15) is 11.4 Å². The van der Waals surface area contributed by atoms with Gasteiger partial charge in [-0.2, -0.15) is 0 Å². The van der Waals surface area contributed by atoms with E-state index in [4.69, 9.17) is 4.74 Å². The summed E-state index contributed by atoms with van der Waals surface area (Å²) in [5.74, 6) is -0.259. The number of ether oxygens (including phenoxy) is 1. The Kier molecular flexibility index (Phi) is 4.75. The van der Waals surface area contributed by atoms with Gasteiger partial charge in [0, 0.05) is 39.3 Å². The van der Waals surface area contributed by atoms with Crippen LogP contribution in [0.2, 0.25) is 0 Å². The molecular formula is C17H22FN3O2. The third kappa shape index (κ3) is 3.77. The van der Waals surface area contributed by atoms with Crippen LogP contribution in [0.4, 0.5) is 4.39 Å². The third-order valence-corrected chi connectivity index (χ3v) is 4.23. The summed E-state index contributed by atoms with van der Waals surface area (Å²) in [6.07, 6.45) is 4.11. The van der Waals surface area contributed by atoms with Crippen molar-refractivity contribution in [2.45, 2.75) is 18.6 Å². The molecule has 1 fully saturated rings. The predicted octanol–water partition coefficient (Wildman–Crippen LogP) is 1.37. The number of hydrogen-bond acceptors (Lipinski definition) is 4. The van der Waals surface area contributed by atoms with Crippen LogP contribution in [0.5, 0.6) is 0 Å². The van der Waals surface area contributed by atoms with Crippen molar-refractivity contribution in [3.63, 3.8) is 0 Å². The number of aliphatic hydroxyl groups excluding tert-OH is 1. The Morgan fingerprint density at radius 2 is 2.22 bits per heavy atom. The summed E-state index contributed by atoms with van der Waals surface area (Å²) >= 11 is 0. The normalized spacial score (nSPS) is 22.4. The fraction of sp³-hybridized carbons (Fsp3) is 0.471. The maximum atomic E-state index is 13.9. The number of halogens is 1. The second-order valence-electron chi connectivity index (χ2n) is 6.20. The van der Waals surface area contributed by atoms with Gasteiger partial charge in [0.15, 0.2) is 0 Å². The molecule has 1 atom stereocenters.